The van der Waals surface area contributed by atoms with E-state index in [-0.39, 0.29) is 6.10 Å². The molecule has 0 rings (SSSR count). The molecular weight excluding hydrogens is 304 g/mol. The van der Waals surface area contributed by atoms with Crippen LogP contribution >= 0.6 is 0 Å². The van der Waals surface area contributed by atoms with Crippen LogP contribution in [0.1, 0.15) is 90.9 Å². The van der Waals surface area contributed by atoms with E-state index in [1.54, 1.807) is 6.92 Å². The van der Waals surface area contributed by atoms with Crippen LogP contribution in [-0.4, -0.2) is 35.0 Å². The zero-order valence-electron chi connectivity index (χ0n) is 15.7. The fourth-order valence-corrected chi connectivity index (χ4v) is 2.61. The third-order valence-electron chi connectivity index (χ3n) is 4.12. The Balaban J connectivity index is 3.41. The Labute approximate surface area is 148 Å². The fourth-order valence-electron chi connectivity index (χ4n) is 2.61. The molecule has 0 spiro atoms. The number of allylic oxidation sites excluding steroid dienone is 1. The minimum Gasteiger partial charge on any atom is -0.464 e. The van der Waals surface area contributed by atoms with Crippen LogP contribution in [0.4, 0.5) is 0 Å². The van der Waals surface area contributed by atoms with E-state index in [1.807, 2.05) is 0 Å². The van der Waals surface area contributed by atoms with E-state index in [2.05, 4.69) is 19.1 Å². The van der Waals surface area contributed by atoms with Crippen LogP contribution in [0.2, 0.25) is 0 Å². The number of ether oxygens (including phenoxy) is 1. The van der Waals surface area contributed by atoms with Gasteiger partial charge >= 0.3 is 5.97 Å². The van der Waals surface area contributed by atoms with Gasteiger partial charge in [0.05, 0.1) is 12.7 Å². The van der Waals surface area contributed by atoms with Crippen LogP contribution in [0, 0.1) is 0 Å². The van der Waals surface area contributed by atoms with E-state index < -0.39 is 12.1 Å². The molecule has 1 unspecified atom stereocenters. The van der Waals surface area contributed by atoms with Gasteiger partial charge in [-0.05, 0) is 39.0 Å². The standard InChI is InChI=1S/C20H38O4/c1-3-5-6-12-15-18(21)16-13-10-8-7-9-11-14-17-19(22)20(23)24-4-2/h10,13,18-19,21-22H,3-9,11-12,14-17H2,1-2H3/t18-,19?/m1/s1. The summed E-state index contributed by atoms with van der Waals surface area (Å²) in [6, 6.07) is 0. The van der Waals surface area contributed by atoms with Crippen molar-refractivity contribution in [3.05, 3.63) is 12.2 Å². The highest BCUT2D eigenvalue weighted by Crippen LogP contribution is 2.11. The lowest BCUT2D eigenvalue weighted by molar-refractivity contribution is -0.153. The first-order valence-corrected chi connectivity index (χ1v) is 9.79. The number of unbranched alkanes of at least 4 members (excludes halogenated alkanes) is 7. The average molecular weight is 343 g/mol. The molecule has 24 heavy (non-hydrogen) atoms. The Morgan fingerprint density at radius 2 is 1.58 bits per heavy atom. The lowest BCUT2D eigenvalue weighted by Crippen LogP contribution is -2.22. The lowest BCUT2D eigenvalue weighted by atomic mass is 10.1. The van der Waals surface area contributed by atoms with Gasteiger partial charge in [0.15, 0.2) is 6.10 Å². The molecule has 0 aliphatic heterocycles. The van der Waals surface area contributed by atoms with Crippen molar-refractivity contribution in [1.29, 1.82) is 0 Å². The van der Waals surface area contributed by atoms with Gasteiger partial charge < -0.3 is 14.9 Å². The summed E-state index contributed by atoms with van der Waals surface area (Å²) in [5.41, 5.74) is 0. The SMILES string of the molecule is CCCCCC[C@@H](O)CC=CCCCCCCC(O)C(=O)OCC. The highest BCUT2D eigenvalue weighted by Gasteiger charge is 2.14. The number of esters is 1. The molecule has 0 heterocycles. The zero-order chi connectivity index (χ0) is 18.0. The number of hydrogen-bond donors (Lipinski definition) is 2. The van der Waals surface area contributed by atoms with Crippen molar-refractivity contribution in [2.75, 3.05) is 6.61 Å². The lowest BCUT2D eigenvalue weighted by Gasteiger charge is -2.08. The second-order valence-corrected chi connectivity index (χ2v) is 6.47. The molecule has 142 valence electrons. The van der Waals surface area contributed by atoms with Crippen LogP contribution in [0.25, 0.3) is 0 Å². The summed E-state index contributed by atoms with van der Waals surface area (Å²) in [4.78, 5) is 11.2. The zero-order valence-corrected chi connectivity index (χ0v) is 15.7. The number of aliphatic hydroxyl groups excluding tert-OH is 2. The fraction of sp³-hybridized carbons (Fsp3) is 0.850. The van der Waals surface area contributed by atoms with E-state index in [0.29, 0.717) is 13.0 Å². The maximum Gasteiger partial charge on any atom is 0.334 e. The first-order chi connectivity index (χ1) is 11.6. The van der Waals surface area contributed by atoms with Crippen molar-refractivity contribution in [3.63, 3.8) is 0 Å². The van der Waals surface area contributed by atoms with Crippen LogP contribution in [0.15, 0.2) is 12.2 Å². The van der Waals surface area contributed by atoms with Crippen LogP contribution < -0.4 is 0 Å². The first kappa shape index (κ1) is 23.1. The van der Waals surface area contributed by atoms with E-state index in [0.717, 1.165) is 51.4 Å². The van der Waals surface area contributed by atoms with Crippen LogP contribution in [-0.2, 0) is 9.53 Å². The number of carbonyl (C=O) groups is 1. The smallest absolute Gasteiger partial charge is 0.334 e. The minimum absolute atomic E-state index is 0.192. The highest BCUT2D eigenvalue weighted by molar-refractivity contribution is 5.74. The van der Waals surface area contributed by atoms with Gasteiger partial charge in [-0.2, -0.15) is 0 Å². The molecule has 0 aromatic rings. The molecule has 0 bridgehead atoms. The Hall–Kier alpha value is -0.870. The normalized spacial score (nSPS) is 14.0. The van der Waals surface area contributed by atoms with E-state index in [1.165, 1.54) is 19.3 Å². The summed E-state index contributed by atoms with van der Waals surface area (Å²) in [6.07, 6.45) is 15.2. The van der Waals surface area contributed by atoms with Gasteiger partial charge in [-0.15, -0.1) is 0 Å². The first-order valence-electron chi connectivity index (χ1n) is 9.79. The molecule has 0 aliphatic carbocycles. The molecular formula is C20H38O4. The summed E-state index contributed by atoms with van der Waals surface area (Å²) in [6.45, 7) is 4.25. The summed E-state index contributed by atoms with van der Waals surface area (Å²) < 4.78 is 4.76. The summed E-state index contributed by atoms with van der Waals surface area (Å²) in [7, 11) is 0. The van der Waals surface area contributed by atoms with Gasteiger partial charge in [-0.3, -0.25) is 0 Å². The Morgan fingerprint density at radius 3 is 2.29 bits per heavy atom. The van der Waals surface area contributed by atoms with Crippen LogP contribution in [0.5, 0.6) is 0 Å². The molecule has 0 aliphatic rings. The number of rotatable bonds is 16. The van der Waals surface area contributed by atoms with Crippen molar-refractivity contribution < 1.29 is 19.7 Å². The van der Waals surface area contributed by atoms with Crippen LogP contribution in [0.3, 0.4) is 0 Å². The van der Waals surface area contributed by atoms with Gasteiger partial charge in [0.2, 0.25) is 0 Å². The Morgan fingerprint density at radius 1 is 0.917 bits per heavy atom. The van der Waals surface area contributed by atoms with E-state index in [4.69, 9.17) is 4.74 Å². The molecule has 4 nitrogen and oxygen atoms in total. The molecule has 0 aromatic heterocycles. The number of aliphatic hydroxyl groups is 2. The van der Waals surface area contributed by atoms with Crippen molar-refractivity contribution in [1.82, 2.24) is 0 Å². The average Bonchev–Trinajstić information content (AvgIpc) is 2.57. The van der Waals surface area contributed by atoms with Gasteiger partial charge in [-0.1, -0.05) is 64.0 Å². The third kappa shape index (κ3) is 14.7. The number of carbonyl (C=O) groups excluding carboxylic acids is 1. The molecule has 0 fully saturated rings. The van der Waals surface area contributed by atoms with Gasteiger partial charge in [0, 0.05) is 0 Å². The van der Waals surface area contributed by atoms with Gasteiger partial charge in [-0.25, -0.2) is 4.79 Å². The number of hydrogen-bond acceptors (Lipinski definition) is 4. The van der Waals surface area contributed by atoms with Crippen molar-refractivity contribution in [2.24, 2.45) is 0 Å². The molecule has 0 saturated heterocycles. The molecule has 0 radical (unpaired) electrons. The van der Waals surface area contributed by atoms with E-state index >= 15 is 0 Å². The topological polar surface area (TPSA) is 66.8 Å². The van der Waals surface area contributed by atoms with Gasteiger partial charge in [0.25, 0.3) is 0 Å². The summed E-state index contributed by atoms with van der Waals surface area (Å²) >= 11 is 0. The quantitative estimate of drug-likeness (QED) is 0.246. The molecule has 0 amide bonds. The summed E-state index contributed by atoms with van der Waals surface area (Å²) in [5, 5.41) is 19.4. The molecule has 0 aromatic carbocycles. The summed E-state index contributed by atoms with van der Waals surface area (Å²) in [5.74, 6) is -0.506. The second-order valence-electron chi connectivity index (χ2n) is 6.47. The van der Waals surface area contributed by atoms with Crippen molar-refractivity contribution >= 4 is 5.97 Å². The Kier molecular flexibility index (Phi) is 16.4. The molecule has 2 N–H and O–H groups in total. The third-order valence-corrected chi connectivity index (χ3v) is 4.12. The maximum atomic E-state index is 11.2. The molecule has 4 heteroatoms. The second kappa shape index (κ2) is 17.0. The predicted octanol–water partition coefficient (Wildman–Crippen LogP) is 4.53. The molecule has 0 saturated carbocycles. The monoisotopic (exact) mass is 342 g/mol. The van der Waals surface area contributed by atoms with Crippen molar-refractivity contribution in [2.45, 2.75) is 103 Å². The Bertz CT molecular complexity index is 315. The van der Waals surface area contributed by atoms with E-state index in [9.17, 15) is 15.0 Å². The van der Waals surface area contributed by atoms with Gasteiger partial charge in [0.1, 0.15) is 0 Å². The van der Waals surface area contributed by atoms with Crippen molar-refractivity contribution in [3.8, 4) is 0 Å². The predicted molar refractivity (Wildman–Crippen MR) is 98.9 cm³/mol. The largest absolute Gasteiger partial charge is 0.464 e. The highest BCUT2D eigenvalue weighted by atomic mass is 16.5. The molecule has 2 atom stereocenters. The maximum absolute atomic E-state index is 11.2. The minimum atomic E-state index is -0.969.